The summed E-state index contributed by atoms with van der Waals surface area (Å²) in [5.74, 6) is -0.480. The molecule has 0 aromatic heterocycles. The van der Waals surface area contributed by atoms with Gasteiger partial charge in [-0.25, -0.2) is 0 Å². The maximum Gasteiger partial charge on any atom is 0.323 e. The van der Waals surface area contributed by atoms with Crippen molar-refractivity contribution in [1.82, 2.24) is 0 Å². The quantitative estimate of drug-likeness (QED) is 0.201. The van der Waals surface area contributed by atoms with Gasteiger partial charge in [-0.1, -0.05) is 0 Å². The van der Waals surface area contributed by atoms with Crippen LogP contribution in [0.5, 0.6) is 0 Å². The molecule has 0 aliphatic carbocycles. The van der Waals surface area contributed by atoms with Crippen molar-refractivity contribution in [3.8, 4) is 0 Å². The van der Waals surface area contributed by atoms with Gasteiger partial charge in [-0.3, -0.25) is 9.59 Å². The number of carbonyl (C=O) groups is 2. The van der Waals surface area contributed by atoms with E-state index in [-0.39, 0.29) is 11.8 Å². The largest absolute Gasteiger partial charge is 0.466 e. The first-order chi connectivity index (χ1) is 6.70. The third-order valence-corrected chi connectivity index (χ3v) is 1.56. The summed E-state index contributed by atoms with van der Waals surface area (Å²) in [5, 5.41) is 0. The third kappa shape index (κ3) is 7.18. The van der Waals surface area contributed by atoms with E-state index in [1.54, 1.807) is 6.92 Å². The number of ketones is 1. The van der Waals surface area contributed by atoms with E-state index < -0.39 is 0 Å². The Morgan fingerprint density at radius 3 is 2.57 bits per heavy atom. The summed E-state index contributed by atoms with van der Waals surface area (Å²) >= 11 is 0. The zero-order chi connectivity index (χ0) is 10.8. The maximum absolute atomic E-state index is 10.8. The molecule has 0 saturated carbocycles. The minimum atomic E-state index is -0.240. The molecule has 0 spiro atoms. The van der Waals surface area contributed by atoms with Gasteiger partial charge in [0.15, 0.2) is 0 Å². The summed E-state index contributed by atoms with van der Waals surface area (Å²) in [6.07, 6.45) is 2.71. The van der Waals surface area contributed by atoms with E-state index in [1.807, 2.05) is 0 Å². The maximum atomic E-state index is 10.8. The molecule has 0 N–H and O–H groups in total. The lowest BCUT2D eigenvalue weighted by molar-refractivity contribution is -0.143. The molecule has 0 radical (unpaired) electrons. The highest BCUT2D eigenvalue weighted by atomic mass is 16.5. The van der Waals surface area contributed by atoms with Gasteiger partial charge in [0.25, 0.3) is 0 Å². The molecule has 14 heavy (non-hydrogen) atoms. The van der Waals surface area contributed by atoms with Crippen LogP contribution in [0.4, 0.5) is 0 Å². The molecule has 0 aliphatic heterocycles. The van der Waals surface area contributed by atoms with Gasteiger partial charge < -0.3 is 10.3 Å². The second kappa shape index (κ2) is 8.13. The molecule has 78 valence electrons. The van der Waals surface area contributed by atoms with Crippen LogP contribution in [-0.2, 0) is 14.3 Å². The number of carbonyl (C=O) groups excluding carboxylic acids is 2. The average molecular weight is 198 g/mol. The normalized spacial score (nSPS) is 8.93. The highest BCUT2D eigenvalue weighted by Crippen LogP contribution is 2.01. The smallest absolute Gasteiger partial charge is 0.323 e. The Kier molecular flexibility index (Phi) is 7.27. The Bertz CT molecular complexity index is 244. The molecular formula is C9H14N2O3. The molecule has 0 heterocycles. The molecule has 5 nitrogen and oxygen atoms in total. The Labute approximate surface area is 82.7 Å². The van der Waals surface area contributed by atoms with Gasteiger partial charge in [-0.15, -0.1) is 0 Å². The van der Waals surface area contributed by atoms with Gasteiger partial charge >= 0.3 is 12.2 Å². The standard InChI is InChI=1S/C9H14N2O3/c1-2-14-9(13)6-4-3-5-8(12)7-11-10/h7H,2-6H2,1H3. The molecule has 5 heteroatoms. The first-order valence-electron chi connectivity index (χ1n) is 4.56. The topological polar surface area (TPSA) is 79.8 Å². The molecule has 0 rings (SSSR count). The Balaban J connectivity index is 3.42. The van der Waals surface area contributed by atoms with Crippen molar-refractivity contribution in [3.05, 3.63) is 5.53 Å². The molecule has 0 fully saturated rings. The molecular weight excluding hydrogens is 184 g/mol. The van der Waals surface area contributed by atoms with Crippen LogP contribution < -0.4 is 0 Å². The second-order valence-corrected chi connectivity index (χ2v) is 2.72. The predicted molar refractivity (Wildman–Crippen MR) is 49.8 cm³/mol. The lowest BCUT2D eigenvalue weighted by Crippen LogP contribution is -2.04. The lowest BCUT2D eigenvalue weighted by Gasteiger charge is -1.99. The van der Waals surface area contributed by atoms with E-state index in [4.69, 9.17) is 10.3 Å². The number of Topliss-reactive ketones (excluding diaryl/α,β-unsaturated/α-hetero) is 1. The third-order valence-electron chi connectivity index (χ3n) is 1.56. The Morgan fingerprint density at radius 1 is 1.36 bits per heavy atom. The summed E-state index contributed by atoms with van der Waals surface area (Å²) in [7, 11) is 0. The van der Waals surface area contributed by atoms with Crippen LogP contribution in [-0.4, -0.2) is 29.4 Å². The van der Waals surface area contributed by atoms with Crippen molar-refractivity contribution >= 4 is 18.0 Å². The van der Waals surface area contributed by atoms with E-state index in [0.29, 0.717) is 32.3 Å². The van der Waals surface area contributed by atoms with Crippen molar-refractivity contribution in [1.29, 1.82) is 0 Å². The molecule has 0 amide bonds. The van der Waals surface area contributed by atoms with Gasteiger partial charge in [0.05, 0.1) is 6.61 Å². The lowest BCUT2D eigenvalue weighted by atomic mass is 10.1. The summed E-state index contributed by atoms with van der Waals surface area (Å²) in [6.45, 7) is 2.13. The number of hydrogen-bond donors (Lipinski definition) is 0. The summed E-state index contributed by atoms with van der Waals surface area (Å²) in [5.41, 5.74) is 8.03. The van der Waals surface area contributed by atoms with E-state index in [9.17, 15) is 9.59 Å². The number of nitrogens with zero attached hydrogens (tertiary/aromatic N) is 2. The molecule has 0 atom stereocenters. The second-order valence-electron chi connectivity index (χ2n) is 2.72. The Morgan fingerprint density at radius 2 is 2.00 bits per heavy atom. The van der Waals surface area contributed by atoms with Gasteiger partial charge in [0, 0.05) is 12.8 Å². The number of hydrogen-bond acceptors (Lipinski definition) is 3. The number of esters is 1. The van der Waals surface area contributed by atoms with Gasteiger partial charge in [-0.05, 0) is 19.8 Å². The number of ether oxygens (including phenoxy) is 1. The first kappa shape index (κ1) is 12.5. The number of rotatable bonds is 7. The summed E-state index contributed by atoms with van der Waals surface area (Å²) < 4.78 is 4.71. The Hall–Kier alpha value is -1.48. The van der Waals surface area contributed by atoms with Crippen molar-refractivity contribution < 1.29 is 19.1 Å². The average Bonchev–Trinajstić information content (AvgIpc) is 2.13. The van der Waals surface area contributed by atoms with Crippen LogP contribution in [0.15, 0.2) is 0 Å². The molecule has 0 unspecified atom stereocenters. The highest BCUT2D eigenvalue weighted by Gasteiger charge is 2.04. The van der Waals surface area contributed by atoms with E-state index in [0.717, 1.165) is 6.21 Å². The van der Waals surface area contributed by atoms with Crippen LogP contribution in [0, 0.1) is 0 Å². The predicted octanol–water partition coefficient (Wildman–Crippen LogP) is 0.980. The van der Waals surface area contributed by atoms with Crippen molar-refractivity contribution in [2.75, 3.05) is 6.61 Å². The van der Waals surface area contributed by atoms with E-state index in [2.05, 4.69) is 4.79 Å². The molecule has 0 aromatic carbocycles. The highest BCUT2D eigenvalue weighted by molar-refractivity contribution is 6.25. The monoisotopic (exact) mass is 198 g/mol. The van der Waals surface area contributed by atoms with Crippen LogP contribution in [0.1, 0.15) is 32.6 Å². The molecule has 0 aromatic rings. The fourth-order valence-electron chi connectivity index (χ4n) is 0.931. The van der Waals surface area contributed by atoms with Gasteiger partial charge in [0.2, 0.25) is 5.78 Å². The van der Waals surface area contributed by atoms with Crippen LogP contribution in [0.25, 0.3) is 5.53 Å². The van der Waals surface area contributed by atoms with E-state index in [1.165, 1.54) is 0 Å². The van der Waals surface area contributed by atoms with Gasteiger partial charge in [-0.2, -0.15) is 4.79 Å². The fourth-order valence-corrected chi connectivity index (χ4v) is 0.931. The summed E-state index contributed by atoms with van der Waals surface area (Å²) in [6, 6.07) is 0. The molecule has 0 aliphatic rings. The molecule has 0 bridgehead atoms. The first-order valence-corrected chi connectivity index (χ1v) is 4.56. The molecule has 0 saturated heterocycles. The SMILES string of the molecule is CCOC(=O)CCCCC(=O)C=[N+]=[N-]. The zero-order valence-corrected chi connectivity index (χ0v) is 8.23. The van der Waals surface area contributed by atoms with E-state index >= 15 is 0 Å². The zero-order valence-electron chi connectivity index (χ0n) is 8.23. The fraction of sp³-hybridized carbons (Fsp3) is 0.667. The van der Waals surface area contributed by atoms with Crippen molar-refractivity contribution in [2.45, 2.75) is 32.6 Å². The summed E-state index contributed by atoms with van der Waals surface area (Å²) in [4.78, 5) is 24.2. The minimum absolute atomic E-state index is 0.239. The van der Waals surface area contributed by atoms with Crippen molar-refractivity contribution in [3.63, 3.8) is 0 Å². The minimum Gasteiger partial charge on any atom is -0.466 e. The van der Waals surface area contributed by atoms with Crippen LogP contribution in [0.2, 0.25) is 0 Å². The van der Waals surface area contributed by atoms with Crippen LogP contribution in [0.3, 0.4) is 0 Å². The van der Waals surface area contributed by atoms with Crippen molar-refractivity contribution in [2.24, 2.45) is 0 Å². The van der Waals surface area contributed by atoms with Gasteiger partial charge in [0.1, 0.15) is 0 Å². The van der Waals surface area contributed by atoms with Crippen LogP contribution >= 0.6 is 0 Å². The number of unbranched alkanes of at least 4 members (excludes halogenated alkanes) is 1.